The van der Waals surface area contributed by atoms with E-state index in [9.17, 15) is 28.1 Å². The van der Waals surface area contributed by atoms with Gasteiger partial charge in [-0.15, -0.1) is 0 Å². The second kappa shape index (κ2) is 11.1. The van der Waals surface area contributed by atoms with Crippen molar-refractivity contribution < 1.29 is 32.4 Å². The molecule has 0 spiro atoms. The summed E-state index contributed by atoms with van der Waals surface area (Å²) in [6.45, 7) is 0.0960. The van der Waals surface area contributed by atoms with Gasteiger partial charge < -0.3 is 14.5 Å². The van der Waals surface area contributed by atoms with Crippen LogP contribution in [-0.4, -0.2) is 41.6 Å². The van der Waals surface area contributed by atoms with Crippen LogP contribution >= 0.6 is 0 Å². The summed E-state index contributed by atoms with van der Waals surface area (Å²) in [5, 5.41) is 12.5. The molecule has 13 heteroatoms. The first-order chi connectivity index (χ1) is 19.2. The second-order valence-electron chi connectivity index (χ2n) is 9.32. The SMILES string of the molecule is O=C1CCCC(COc2ccc(S(=O)(=O)NC(=O)c3ccccc3Oc3cnc4[nH]ccc4c3)cc2[N+](=O)[O-])C1. The number of nitrogens with zero attached hydrogens (tertiary/aromatic N) is 2. The van der Waals surface area contributed by atoms with Crippen LogP contribution in [0.15, 0.2) is 71.9 Å². The van der Waals surface area contributed by atoms with Crippen LogP contribution in [0.2, 0.25) is 0 Å². The van der Waals surface area contributed by atoms with Crippen LogP contribution in [0.1, 0.15) is 36.0 Å². The summed E-state index contributed by atoms with van der Waals surface area (Å²) in [6.07, 6.45) is 5.54. The molecule has 2 heterocycles. The molecule has 2 aromatic carbocycles. The molecule has 1 atom stereocenters. The maximum Gasteiger partial charge on any atom is 0.312 e. The molecule has 0 bridgehead atoms. The van der Waals surface area contributed by atoms with Crippen LogP contribution in [0.4, 0.5) is 5.69 Å². The Morgan fingerprint density at radius 3 is 2.77 bits per heavy atom. The Kier molecular flexibility index (Phi) is 7.47. The number of sulfonamides is 1. The quantitative estimate of drug-likeness (QED) is 0.219. The number of nitro groups is 1. The van der Waals surface area contributed by atoms with Crippen LogP contribution in [0.5, 0.6) is 17.2 Å². The fourth-order valence-corrected chi connectivity index (χ4v) is 5.46. The van der Waals surface area contributed by atoms with Crippen molar-refractivity contribution >= 4 is 38.4 Å². The summed E-state index contributed by atoms with van der Waals surface area (Å²) < 4.78 is 39.4. The fraction of sp³-hybridized carbons (Fsp3) is 0.222. The molecule has 4 aromatic rings. The van der Waals surface area contributed by atoms with Gasteiger partial charge in [0.15, 0.2) is 5.75 Å². The van der Waals surface area contributed by atoms with E-state index in [1.807, 2.05) is 4.72 Å². The molecule has 1 saturated carbocycles. The number of rotatable bonds is 9. The normalized spacial score (nSPS) is 15.5. The zero-order chi connectivity index (χ0) is 28.3. The highest BCUT2D eigenvalue weighted by molar-refractivity contribution is 7.90. The van der Waals surface area contributed by atoms with Gasteiger partial charge in [0.25, 0.3) is 15.9 Å². The molecule has 5 rings (SSSR count). The summed E-state index contributed by atoms with van der Waals surface area (Å²) in [7, 11) is -4.51. The predicted octanol–water partition coefficient (Wildman–Crippen LogP) is 4.52. The maximum atomic E-state index is 13.0. The average molecular weight is 565 g/mol. The molecule has 12 nitrogen and oxygen atoms in total. The van der Waals surface area contributed by atoms with E-state index in [0.717, 1.165) is 30.4 Å². The van der Waals surface area contributed by atoms with Gasteiger partial charge in [-0.05, 0) is 55.2 Å². The van der Waals surface area contributed by atoms with Gasteiger partial charge >= 0.3 is 5.69 Å². The van der Waals surface area contributed by atoms with Gasteiger partial charge in [0, 0.05) is 30.5 Å². The minimum absolute atomic E-state index is 0.0634. The minimum atomic E-state index is -4.51. The number of hydrogen-bond donors (Lipinski definition) is 2. The number of hydrogen-bond acceptors (Lipinski definition) is 9. The number of aromatic nitrogens is 2. The van der Waals surface area contributed by atoms with Crippen molar-refractivity contribution in [3.05, 3.63) is 82.7 Å². The topological polar surface area (TPSA) is 171 Å². The van der Waals surface area contributed by atoms with Crippen LogP contribution < -0.4 is 14.2 Å². The Morgan fingerprint density at radius 1 is 1.15 bits per heavy atom. The smallest absolute Gasteiger partial charge is 0.312 e. The van der Waals surface area contributed by atoms with Crippen molar-refractivity contribution in [3.8, 4) is 17.2 Å². The number of ketones is 1. The molecule has 0 radical (unpaired) electrons. The Hall–Kier alpha value is -4.78. The molecule has 2 aromatic heterocycles. The number of nitro benzene ring substituents is 1. The largest absolute Gasteiger partial charge is 0.487 e. The monoisotopic (exact) mass is 564 g/mol. The zero-order valence-electron chi connectivity index (χ0n) is 21.0. The van der Waals surface area contributed by atoms with E-state index < -0.39 is 31.4 Å². The third-order valence-corrected chi connectivity index (χ3v) is 7.79. The van der Waals surface area contributed by atoms with Gasteiger partial charge in [0.2, 0.25) is 0 Å². The molecule has 40 heavy (non-hydrogen) atoms. The molecule has 1 unspecified atom stereocenters. The molecule has 2 N–H and O–H groups in total. The number of H-pyrrole nitrogens is 1. The lowest BCUT2D eigenvalue weighted by atomic mass is 9.89. The Bertz CT molecular complexity index is 1720. The highest BCUT2D eigenvalue weighted by Gasteiger charge is 2.27. The van der Waals surface area contributed by atoms with Crippen molar-refractivity contribution in [1.29, 1.82) is 0 Å². The molecular weight excluding hydrogens is 540 g/mol. The Balaban J connectivity index is 1.33. The molecular formula is C27H24N4O8S. The molecule has 1 aliphatic carbocycles. The molecule has 0 aliphatic heterocycles. The van der Waals surface area contributed by atoms with Gasteiger partial charge in [-0.2, -0.15) is 0 Å². The number of carbonyl (C=O) groups is 2. The number of fused-ring (bicyclic) bond motifs is 1. The number of ether oxygens (including phenoxy) is 2. The van der Waals surface area contributed by atoms with E-state index in [2.05, 4.69) is 9.97 Å². The standard InChI is InChI=1S/C27H24N4O8S/c32-19-5-3-4-17(12-19)16-38-25-9-8-21(14-23(25)31(34)35)40(36,37)30-27(33)22-6-1-2-7-24(22)39-20-13-18-10-11-28-26(18)29-15-20/h1-2,6-11,13-15,17H,3-5,12,16H2,(H,28,29)(H,30,33). The van der Waals surface area contributed by atoms with Gasteiger partial charge in [-0.25, -0.2) is 18.1 Å². The molecule has 1 fully saturated rings. The second-order valence-corrected chi connectivity index (χ2v) is 11.0. The van der Waals surface area contributed by atoms with Gasteiger partial charge in [0.1, 0.15) is 22.9 Å². The summed E-state index contributed by atoms with van der Waals surface area (Å²) in [5.41, 5.74) is 0.00429. The summed E-state index contributed by atoms with van der Waals surface area (Å²) >= 11 is 0. The zero-order valence-corrected chi connectivity index (χ0v) is 21.8. The summed E-state index contributed by atoms with van der Waals surface area (Å²) in [6, 6.07) is 12.7. The average Bonchev–Trinajstić information content (AvgIpc) is 3.40. The van der Waals surface area contributed by atoms with Crippen LogP contribution in [0, 0.1) is 16.0 Å². The lowest BCUT2D eigenvalue weighted by molar-refractivity contribution is -0.386. The van der Waals surface area contributed by atoms with E-state index in [0.29, 0.717) is 24.2 Å². The fourth-order valence-electron chi connectivity index (χ4n) is 4.47. The van der Waals surface area contributed by atoms with Crippen LogP contribution in [0.25, 0.3) is 11.0 Å². The Morgan fingerprint density at radius 2 is 1.98 bits per heavy atom. The van der Waals surface area contributed by atoms with Crippen molar-refractivity contribution in [2.75, 3.05) is 6.61 Å². The Labute approximate surface area is 228 Å². The summed E-state index contributed by atoms with van der Waals surface area (Å²) in [5.74, 6) is -0.637. The van der Waals surface area contributed by atoms with E-state index in [1.165, 1.54) is 24.4 Å². The summed E-state index contributed by atoms with van der Waals surface area (Å²) in [4.78, 5) is 42.3. The third kappa shape index (κ3) is 5.94. The maximum absolute atomic E-state index is 13.0. The highest BCUT2D eigenvalue weighted by Crippen LogP contribution is 2.32. The number of aromatic amines is 1. The first-order valence-electron chi connectivity index (χ1n) is 12.4. The molecule has 0 saturated heterocycles. The predicted molar refractivity (Wildman–Crippen MR) is 143 cm³/mol. The molecule has 1 aliphatic rings. The first kappa shape index (κ1) is 26.8. The number of benzene rings is 2. The number of Topliss-reactive ketones (excluding diaryl/α,β-unsaturated/α-hetero) is 1. The van der Waals surface area contributed by atoms with Crippen molar-refractivity contribution in [2.45, 2.75) is 30.6 Å². The lowest BCUT2D eigenvalue weighted by Crippen LogP contribution is -2.30. The van der Waals surface area contributed by atoms with Crippen LogP contribution in [0.3, 0.4) is 0 Å². The minimum Gasteiger partial charge on any atom is -0.487 e. The van der Waals surface area contributed by atoms with Gasteiger partial charge in [0.05, 0.1) is 28.2 Å². The van der Waals surface area contributed by atoms with Gasteiger partial charge in [-0.3, -0.25) is 19.7 Å². The van der Waals surface area contributed by atoms with E-state index in [4.69, 9.17) is 9.47 Å². The molecule has 206 valence electrons. The molecule has 1 amide bonds. The van der Waals surface area contributed by atoms with E-state index in [1.54, 1.807) is 30.5 Å². The van der Waals surface area contributed by atoms with Crippen molar-refractivity contribution in [2.24, 2.45) is 5.92 Å². The van der Waals surface area contributed by atoms with Crippen molar-refractivity contribution in [3.63, 3.8) is 0 Å². The lowest BCUT2D eigenvalue weighted by Gasteiger charge is -2.20. The third-order valence-electron chi connectivity index (χ3n) is 6.46. The highest BCUT2D eigenvalue weighted by atomic mass is 32.2. The van der Waals surface area contributed by atoms with E-state index in [-0.39, 0.29) is 35.4 Å². The van der Waals surface area contributed by atoms with Crippen molar-refractivity contribution in [1.82, 2.24) is 14.7 Å². The van der Waals surface area contributed by atoms with Gasteiger partial charge in [-0.1, -0.05) is 12.1 Å². The number of amides is 1. The van der Waals surface area contributed by atoms with Crippen LogP contribution in [-0.2, 0) is 14.8 Å². The number of para-hydroxylation sites is 1. The number of nitrogens with one attached hydrogen (secondary N) is 2. The number of pyridine rings is 1. The first-order valence-corrected chi connectivity index (χ1v) is 13.9. The van der Waals surface area contributed by atoms with E-state index >= 15 is 0 Å². The number of carbonyl (C=O) groups excluding carboxylic acids is 2.